The molecule has 324 valence electrons. The average molecular weight is 842 g/mol. The SMILES string of the molecule is CCOC(=O)OC(C(=O)OC1CC2(O)C(OC(=O)c3ccccc3)C3[C@]4(O)COC4CC(O)[C@@]3(C)C(=O)C(O)C(=C1C)C2(C)C)C(NC(=O)c1ccccc1)c1ccccc1. The minimum absolute atomic E-state index is 0.0736. The van der Waals surface area contributed by atoms with Crippen molar-refractivity contribution in [2.75, 3.05) is 13.2 Å². The van der Waals surface area contributed by atoms with E-state index in [0.717, 1.165) is 0 Å². The zero-order valence-corrected chi connectivity index (χ0v) is 34.5. The predicted molar refractivity (Wildman–Crippen MR) is 214 cm³/mol. The summed E-state index contributed by atoms with van der Waals surface area (Å²) in [7, 11) is 0. The van der Waals surface area contributed by atoms with Crippen LogP contribution in [0.1, 0.15) is 79.8 Å². The minimum Gasteiger partial charge on any atom is -0.455 e. The Balaban J connectivity index is 1.35. The zero-order valence-electron chi connectivity index (χ0n) is 34.5. The third kappa shape index (κ3) is 7.31. The first-order chi connectivity index (χ1) is 28.9. The molecule has 7 rings (SSSR count). The maximum absolute atomic E-state index is 14.9. The van der Waals surface area contributed by atoms with Gasteiger partial charge in [-0.05, 0) is 61.7 Å². The molecular formula is C46H51NO14. The molecule has 3 aromatic carbocycles. The van der Waals surface area contributed by atoms with Gasteiger partial charge in [-0.2, -0.15) is 0 Å². The molecule has 0 radical (unpaired) electrons. The normalized spacial score (nSPS) is 32.2. The summed E-state index contributed by atoms with van der Waals surface area (Å²) in [5.74, 6) is -5.23. The molecule has 4 aliphatic rings. The van der Waals surface area contributed by atoms with Crippen LogP contribution in [-0.2, 0) is 33.3 Å². The molecular weight excluding hydrogens is 790 g/mol. The van der Waals surface area contributed by atoms with Crippen molar-refractivity contribution >= 4 is 29.8 Å². The zero-order chi connectivity index (χ0) is 44.1. The Hall–Kier alpha value is -5.45. The van der Waals surface area contributed by atoms with Gasteiger partial charge < -0.3 is 49.4 Å². The summed E-state index contributed by atoms with van der Waals surface area (Å²) in [6.45, 7) is 7.04. The molecule has 0 aromatic heterocycles. The van der Waals surface area contributed by atoms with Gasteiger partial charge in [-0.15, -0.1) is 0 Å². The van der Waals surface area contributed by atoms with Gasteiger partial charge in [0.25, 0.3) is 5.91 Å². The lowest BCUT2D eigenvalue weighted by Crippen LogP contribution is -2.81. The number of nitrogens with one attached hydrogen (secondary N) is 1. The van der Waals surface area contributed by atoms with E-state index in [0.29, 0.717) is 5.56 Å². The fourth-order valence-corrected chi connectivity index (χ4v) is 9.90. The maximum atomic E-state index is 14.9. The van der Waals surface area contributed by atoms with E-state index in [1.165, 1.54) is 32.9 Å². The number of hydrogen-bond acceptors (Lipinski definition) is 14. The molecule has 2 bridgehead atoms. The number of amides is 1. The van der Waals surface area contributed by atoms with Crippen LogP contribution in [0.2, 0.25) is 0 Å². The number of Topliss-reactive ketones (excluding diaryl/α,β-unsaturated/α-hetero) is 1. The number of ether oxygens (including phenoxy) is 5. The summed E-state index contributed by atoms with van der Waals surface area (Å²) >= 11 is 0. The van der Waals surface area contributed by atoms with Crippen LogP contribution in [0.5, 0.6) is 0 Å². The fraction of sp³-hybridized carbons (Fsp3) is 0.457. The van der Waals surface area contributed by atoms with Crippen LogP contribution in [0.4, 0.5) is 4.79 Å². The Labute approximate surface area is 352 Å². The van der Waals surface area contributed by atoms with Crippen molar-refractivity contribution in [1.29, 1.82) is 0 Å². The number of benzene rings is 3. The Bertz CT molecular complexity index is 2200. The molecule has 5 N–H and O–H groups in total. The minimum atomic E-state index is -2.37. The molecule has 15 heteroatoms. The Kier molecular flexibility index (Phi) is 11.8. The van der Waals surface area contributed by atoms with E-state index in [1.807, 2.05) is 0 Å². The van der Waals surface area contributed by atoms with E-state index in [4.69, 9.17) is 23.7 Å². The first-order valence-electron chi connectivity index (χ1n) is 20.3. The number of aliphatic hydroxyl groups is 4. The van der Waals surface area contributed by atoms with Crippen LogP contribution in [-0.4, -0.2) is 111 Å². The Morgan fingerprint density at radius 1 is 0.869 bits per heavy atom. The number of esters is 2. The molecule has 1 heterocycles. The number of hydrogen-bond donors (Lipinski definition) is 5. The van der Waals surface area contributed by atoms with E-state index in [9.17, 15) is 44.4 Å². The van der Waals surface area contributed by atoms with Crippen molar-refractivity contribution in [3.8, 4) is 0 Å². The van der Waals surface area contributed by atoms with Gasteiger partial charge in [0, 0.05) is 29.7 Å². The number of carbonyl (C=O) groups is 5. The van der Waals surface area contributed by atoms with Crippen LogP contribution in [0.25, 0.3) is 0 Å². The van der Waals surface area contributed by atoms with Gasteiger partial charge in [0.05, 0.1) is 36.4 Å². The van der Waals surface area contributed by atoms with Gasteiger partial charge >= 0.3 is 18.1 Å². The highest BCUT2D eigenvalue weighted by atomic mass is 16.7. The van der Waals surface area contributed by atoms with Crippen molar-refractivity contribution in [2.24, 2.45) is 16.7 Å². The number of aliphatic hydroxyl groups excluding tert-OH is 2. The molecule has 0 spiro atoms. The Morgan fingerprint density at radius 2 is 1.46 bits per heavy atom. The lowest BCUT2D eigenvalue weighted by molar-refractivity contribution is -0.343. The fourth-order valence-electron chi connectivity index (χ4n) is 9.90. The summed E-state index contributed by atoms with van der Waals surface area (Å²) in [5, 5.41) is 52.5. The van der Waals surface area contributed by atoms with Crippen molar-refractivity contribution in [2.45, 2.75) is 101 Å². The Morgan fingerprint density at radius 3 is 2.03 bits per heavy atom. The van der Waals surface area contributed by atoms with Gasteiger partial charge in [0.2, 0.25) is 6.10 Å². The molecule has 11 atom stereocenters. The molecule has 1 saturated heterocycles. The largest absolute Gasteiger partial charge is 0.509 e. The van der Waals surface area contributed by atoms with Crippen LogP contribution >= 0.6 is 0 Å². The third-order valence-corrected chi connectivity index (χ3v) is 13.4. The van der Waals surface area contributed by atoms with Gasteiger partial charge in [-0.1, -0.05) is 80.6 Å². The van der Waals surface area contributed by atoms with Gasteiger partial charge in [0.15, 0.2) is 5.78 Å². The number of ketones is 1. The van der Waals surface area contributed by atoms with Crippen molar-refractivity contribution in [3.63, 3.8) is 0 Å². The topological polar surface area (TPSA) is 224 Å². The van der Waals surface area contributed by atoms with E-state index in [-0.39, 0.29) is 41.9 Å². The highest BCUT2D eigenvalue weighted by molar-refractivity contribution is 5.95. The summed E-state index contributed by atoms with van der Waals surface area (Å²) in [5.41, 5.74) is -7.22. The van der Waals surface area contributed by atoms with Crippen LogP contribution < -0.4 is 5.32 Å². The molecule has 1 aliphatic heterocycles. The number of carbonyl (C=O) groups excluding carboxylic acids is 5. The molecule has 15 nitrogen and oxygen atoms in total. The monoisotopic (exact) mass is 841 g/mol. The molecule has 3 aliphatic carbocycles. The van der Waals surface area contributed by atoms with E-state index >= 15 is 0 Å². The van der Waals surface area contributed by atoms with Gasteiger partial charge in [0.1, 0.15) is 35.6 Å². The third-order valence-electron chi connectivity index (χ3n) is 13.4. The summed E-state index contributed by atoms with van der Waals surface area (Å²) in [6, 6.07) is 22.9. The highest BCUT2D eigenvalue weighted by Gasteiger charge is 2.76. The van der Waals surface area contributed by atoms with Crippen LogP contribution in [0.3, 0.4) is 0 Å². The van der Waals surface area contributed by atoms with Crippen molar-refractivity contribution < 1.29 is 68.1 Å². The van der Waals surface area contributed by atoms with Crippen LogP contribution in [0, 0.1) is 16.7 Å². The van der Waals surface area contributed by atoms with Gasteiger partial charge in [-0.25, -0.2) is 14.4 Å². The van der Waals surface area contributed by atoms with Gasteiger partial charge in [-0.3, -0.25) is 9.59 Å². The van der Waals surface area contributed by atoms with Crippen molar-refractivity contribution in [3.05, 3.63) is 119 Å². The molecule has 2 saturated carbocycles. The predicted octanol–water partition coefficient (Wildman–Crippen LogP) is 3.77. The lowest BCUT2D eigenvalue weighted by atomic mass is 9.44. The van der Waals surface area contributed by atoms with Crippen LogP contribution in [0.15, 0.2) is 102 Å². The molecule has 9 unspecified atom stereocenters. The summed E-state index contributed by atoms with van der Waals surface area (Å²) < 4.78 is 28.8. The molecule has 3 fully saturated rings. The van der Waals surface area contributed by atoms with E-state index in [1.54, 1.807) is 92.7 Å². The number of rotatable bonds is 10. The first-order valence-corrected chi connectivity index (χ1v) is 20.3. The lowest BCUT2D eigenvalue weighted by Gasteiger charge is -2.66. The van der Waals surface area contributed by atoms with E-state index in [2.05, 4.69) is 5.32 Å². The first kappa shape index (κ1) is 43.6. The molecule has 61 heavy (non-hydrogen) atoms. The molecule has 1 amide bonds. The average Bonchev–Trinajstić information content (AvgIpc) is 3.24. The quantitative estimate of drug-likeness (QED) is 0.111. The second-order valence-electron chi connectivity index (χ2n) is 17.0. The summed E-state index contributed by atoms with van der Waals surface area (Å²) in [6.07, 6.45) is -11.8. The van der Waals surface area contributed by atoms with Crippen molar-refractivity contribution in [1.82, 2.24) is 5.32 Å². The second-order valence-corrected chi connectivity index (χ2v) is 17.0. The standard InChI is InChI=1S/C46H51NO14/c1-6-57-42(54)60-35(33(26-16-10-7-11-17-26)47-39(51)27-18-12-8-13-19-27)41(53)59-29-23-46(56)38(61-40(52)28-20-14-9-15-21-28)36-44(5,30(48)22-31-45(36,55)24-58-31)37(50)34(49)32(25(29)2)43(46,3)4/h7-21,29-31,33-36,38,48-49,55-56H,6,22-24H2,1-5H3,(H,47,51)/t29?,30?,31?,33?,34?,35?,36?,38?,44-,45+,46?/m1/s1. The smallest absolute Gasteiger partial charge is 0.455 e. The molecule has 3 aromatic rings. The van der Waals surface area contributed by atoms with E-state index < -0.39 is 107 Å². The highest BCUT2D eigenvalue weighted by Crippen LogP contribution is 2.63. The summed E-state index contributed by atoms with van der Waals surface area (Å²) in [4.78, 5) is 70.3. The second kappa shape index (κ2) is 16.4. The maximum Gasteiger partial charge on any atom is 0.509 e. The number of fused-ring (bicyclic) bond motifs is 5.